The number of nitrogens with zero attached hydrogens (tertiary/aromatic N) is 1. The minimum atomic E-state index is -1.48. The van der Waals surface area contributed by atoms with E-state index in [2.05, 4.69) is 29.7 Å². The van der Waals surface area contributed by atoms with Crippen LogP contribution in [-0.4, -0.2) is 75.5 Å². The van der Waals surface area contributed by atoms with E-state index in [0.717, 1.165) is 30.5 Å². The van der Waals surface area contributed by atoms with Gasteiger partial charge in [0, 0.05) is 30.5 Å². The van der Waals surface area contributed by atoms with Crippen molar-refractivity contribution in [2.45, 2.75) is 75.8 Å². The van der Waals surface area contributed by atoms with Crippen LogP contribution in [0.1, 0.15) is 46.8 Å². The molecule has 1 aromatic heterocycles. The predicted molar refractivity (Wildman–Crippen MR) is 119 cm³/mol. The molecule has 33 heavy (non-hydrogen) atoms. The zero-order valence-corrected chi connectivity index (χ0v) is 18.9. The van der Waals surface area contributed by atoms with Gasteiger partial charge >= 0.3 is 0 Å². The molecule has 3 heterocycles. The monoisotopic (exact) mass is 459 g/mol. The fourth-order valence-electron chi connectivity index (χ4n) is 5.30. The summed E-state index contributed by atoms with van der Waals surface area (Å²) in [6.45, 7) is 2.91. The second-order valence-electron chi connectivity index (χ2n) is 9.43. The van der Waals surface area contributed by atoms with E-state index in [-0.39, 0.29) is 6.04 Å². The van der Waals surface area contributed by atoms with Gasteiger partial charge in [0.25, 0.3) is 0 Å². The first-order valence-electron chi connectivity index (χ1n) is 11.8. The van der Waals surface area contributed by atoms with Crippen LogP contribution in [0.25, 0.3) is 0 Å². The molecule has 6 atom stereocenters. The van der Waals surface area contributed by atoms with E-state index in [9.17, 15) is 20.4 Å². The molecule has 2 saturated heterocycles. The molecule has 2 aromatic rings. The fraction of sp³-hybridized carbons (Fsp3) is 0.600. The van der Waals surface area contributed by atoms with Crippen molar-refractivity contribution in [3.05, 3.63) is 52.3 Å². The molecule has 0 spiro atoms. The van der Waals surface area contributed by atoms with Gasteiger partial charge in [-0.3, -0.25) is 0 Å². The highest BCUT2D eigenvalue weighted by Crippen LogP contribution is 2.35. The van der Waals surface area contributed by atoms with Crippen molar-refractivity contribution in [3.63, 3.8) is 0 Å². The van der Waals surface area contributed by atoms with Crippen molar-refractivity contribution in [2.24, 2.45) is 0 Å². The maximum atomic E-state index is 10.5. The normalized spacial score (nSPS) is 31.7. The Morgan fingerprint density at radius 1 is 1.09 bits per heavy atom. The highest BCUT2D eigenvalue weighted by Gasteiger charge is 2.45. The van der Waals surface area contributed by atoms with Crippen molar-refractivity contribution in [2.75, 3.05) is 19.8 Å². The number of hydrogen-bond acceptors (Lipinski definition) is 7. The van der Waals surface area contributed by atoms with Crippen LogP contribution in [0, 0.1) is 6.92 Å². The molecule has 0 radical (unpaired) electrons. The molecule has 1 unspecified atom stereocenters. The topological polar surface area (TPSA) is 114 Å². The summed E-state index contributed by atoms with van der Waals surface area (Å²) in [7, 11) is 0. The second-order valence-corrected chi connectivity index (χ2v) is 9.43. The first-order chi connectivity index (χ1) is 16.0. The molecule has 5 rings (SSSR count). The standard InChI is InChI=1S/C25H33NO7/c1-14-19(10-15-5-6-16-3-2-4-17(16)9-15)20(11-26(14)18-7-8-31-13-18)32-25-24(30)23(29)22(28)21(12-27)33-25/h5-6,9,11,18,21-25,27-30H,2-4,7-8,10,12-13H2,1H3/t18?,21-,22-,23+,24-,25-/m1/s1. The van der Waals surface area contributed by atoms with Crippen LogP contribution in [0.2, 0.25) is 0 Å². The van der Waals surface area contributed by atoms with E-state index in [0.29, 0.717) is 25.4 Å². The maximum absolute atomic E-state index is 10.5. The number of fused-ring (bicyclic) bond motifs is 1. The van der Waals surface area contributed by atoms with Gasteiger partial charge in [-0.2, -0.15) is 0 Å². The van der Waals surface area contributed by atoms with Gasteiger partial charge in [-0.05, 0) is 49.3 Å². The molecule has 2 aliphatic heterocycles. The van der Waals surface area contributed by atoms with Gasteiger partial charge in [0.1, 0.15) is 30.2 Å². The van der Waals surface area contributed by atoms with E-state index in [1.54, 1.807) is 0 Å². The third-order valence-corrected chi connectivity index (χ3v) is 7.31. The highest BCUT2D eigenvalue weighted by molar-refractivity contribution is 5.44. The Morgan fingerprint density at radius 2 is 1.91 bits per heavy atom. The second kappa shape index (κ2) is 9.37. The summed E-state index contributed by atoms with van der Waals surface area (Å²) in [5.41, 5.74) is 6.07. The summed E-state index contributed by atoms with van der Waals surface area (Å²) in [5, 5.41) is 40.3. The lowest BCUT2D eigenvalue weighted by Gasteiger charge is -2.39. The lowest BCUT2D eigenvalue weighted by molar-refractivity contribution is -0.277. The molecular weight excluding hydrogens is 426 g/mol. The Balaban J connectivity index is 1.46. The number of benzene rings is 1. The molecule has 2 fully saturated rings. The van der Waals surface area contributed by atoms with Crippen molar-refractivity contribution in [3.8, 4) is 5.75 Å². The third kappa shape index (κ3) is 4.32. The minimum absolute atomic E-state index is 0.205. The summed E-state index contributed by atoms with van der Waals surface area (Å²) in [5.74, 6) is 0.559. The Morgan fingerprint density at radius 3 is 2.67 bits per heavy atom. The minimum Gasteiger partial charge on any atom is -0.460 e. The number of aliphatic hydroxyl groups is 4. The van der Waals surface area contributed by atoms with Crippen LogP contribution >= 0.6 is 0 Å². The molecule has 8 heteroatoms. The quantitative estimate of drug-likeness (QED) is 0.510. The average Bonchev–Trinajstić information content (AvgIpc) is 3.56. The zero-order valence-electron chi connectivity index (χ0n) is 18.9. The van der Waals surface area contributed by atoms with Crippen LogP contribution in [0.5, 0.6) is 5.75 Å². The van der Waals surface area contributed by atoms with Gasteiger partial charge < -0.3 is 39.2 Å². The molecule has 0 amide bonds. The number of hydrogen-bond donors (Lipinski definition) is 4. The molecule has 1 aliphatic carbocycles. The average molecular weight is 460 g/mol. The van der Waals surface area contributed by atoms with E-state index >= 15 is 0 Å². The molecule has 1 aromatic carbocycles. The lowest BCUT2D eigenvalue weighted by atomic mass is 9.99. The van der Waals surface area contributed by atoms with Crippen LogP contribution in [-0.2, 0) is 28.7 Å². The number of aryl methyl sites for hydroxylation is 2. The van der Waals surface area contributed by atoms with E-state index in [4.69, 9.17) is 14.2 Å². The zero-order chi connectivity index (χ0) is 23.1. The number of rotatable bonds is 6. The highest BCUT2D eigenvalue weighted by atomic mass is 16.7. The van der Waals surface area contributed by atoms with Crippen LogP contribution in [0.4, 0.5) is 0 Å². The molecular formula is C25H33NO7. The van der Waals surface area contributed by atoms with Crippen molar-refractivity contribution in [1.82, 2.24) is 4.57 Å². The van der Waals surface area contributed by atoms with E-state index in [1.165, 1.54) is 23.1 Å². The molecule has 0 bridgehead atoms. The molecule has 4 N–H and O–H groups in total. The van der Waals surface area contributed by atoms with Gasteiger partial charge in [0.2, 0.25) is 6.29 Å². The number of aromatic nitrogens is 1. The van der Waals surface area contributed by atoms with Gasteiger partial charge in [-0.25, -0.2) is 0 Å². The van der Waals surface area contributed by atoms with Crippen molar-refractivity contribution in [1.29, 1.82) is 0 Å². The molecule has 8 nitrogen and oxygen atoms in total. The van der Waals surface area contributed by atoms with Crippen LogP contribution in [0.15, 0.2) is 24.4 Å². The first-order valence-corrected chi connectivity index (χ1v) is 11.8. The molecule has 3 aliphatic rings. The van der Waals surface area contributed by atoms with Gasteiger partial charge in [-0.15, -0.1) is 0 Å². The number of aliphatic hydroxyl groups excluding tert-OH is 4. The summed E-state index contributed by atoms with van der Waals surface area (Å²) in [6, 6.07) is 6.86. The predicted octanol–water partition coefficient (Wildman–Crippen LogP) is 1.02. The Bertz CT molecular complexity index is 981. The van der Waals surface area contributed by atoms with Gasteiger partial charge in [0.15, 0.2) is 0 Å². The Kier molecular flexibility index (Phi) is 6.48. The van der Waals surface area contributed by atoms with Crippen LogP contribution in [0.3, 0.4) is 0 Å². The summed E-state index contributed by atoms with van der Waals surface area (Å²) in [4.78, 5) is 0. The van der Waals surface area contributed by atoms with E-state index < -0.39 is 37.3 Å². The van der Waals surface area contributed by atoms with Gasteiger partial charge in [0.05, 0.1) is 19.3 Å². The molecule has 180 valence electrons. The maximum Gasteiger partial charge on any atom is 0.229 e. The fourth-order valence-corrected chi connectivity index (χ4v) is 5.30. The first kappa shape index (κ1) is 22.8. The number of ether oxygens (including phenoxy) is 3. The summed E-state index contributed by atoms with van der Waals surface area (Å²) >= 11 is 0. The Hall–Kier alpha value is -1.94. The van der Waals surface area contributed by atoms with Crippen LogP contribution < -0.4 is 4.74 Å². The van der Waals surface area contributed by atoms with Crippen molar-refractivity contribution >= 4 is 0 Å². The SMILES string of the molecule is Cc1c(Cc2ccc3c(c2)CCC3)c(O[C@@H]2O[C@H](CO)[C@@H](O)[C@H](O)[C@H]2O)cn1C1CCOC1. The summed E-state index contributed by atoms with van der Waals surface area (Å²) < 4.78 is 19.5. The summed E-state index contributed by atoms with van der Waals surface area (Å²) in [6.07, 6.45) is 0.350. The Labute approximate surface area is 193 Å². The molecule has 0 saturated carbocycles. The van der Waals surface area contributed by atoms with Crippen molar-refractivity contribution < 1.29 is 34.6 Å². The van der Waals surface area contributed by atoms with Gasteiger partial charge in [-0.1, -0.05) is 18.2 Å². The smallest absolute Gasteiger partial charge is 0.229 e. The third-order valence-electron chi connectivity index (χ3n) is 7.31. The lowest BCUT2D eigenvalue weighted by Crippen LogP contribution is -2.60. The van der Waals surface area contributed by atoms with E-state index in [1.807, 2.05) is 6.20 Å². The largest absolute Gasteiger partial charge is 0.460 e.